The lowest BCUT2D eigenvalue weighted by atomic mass is 10.1. The molecule has 2 aromatic carbocycles. The van der Waals surface area contributed by atoms with E-state index in [2.05, 4.69) is 10.6 Å². The molecule has 0 heterocycles. The number of carbonyl (C=O) groups excluding carboxylic acids is 2. The fraction of sp³-hybridized carbons (Fsp3) is 0.364. The monoisotopic (exact) mass is 420 g/mol. The molecule has 150 valence electrons. The summed E-state index contributed by atoms with van der Waals surface area (Å²) in [5.74, 6) is 0.0496. The first kappa shape index (κ1) is 22.3. The van der Waals surface area contributed by atoms with Crippen LogP contribution in [0, 0.1) is 0 Å². The van der Waals surface area contributed by atoms with Crippen LogP contribution < -0.4 is 10.6 Å². The largest absolute Gasteiger partial charge is 0.356 e. The number of hydrogen-bond donors (Lipinski definition) is 2. The Kier molecular flexibility index (Phi) is 9.87. The zero-order valence-electron chi connectivity index (χ0n) is 15.8. The van der Waals surface area contributed by atoms with Gasteiger partial charge in [0.2, 0.25) is 11.8 Å². The average molecular weight is 421 g/mol. The molecule has 0 unspecified atom stereocenters. The molecule has 28 heavy (non-hydrogen) atoms. The highest BCUT2D eigenvalue weighted by molar-refractivity contribution is 6.30. The number of nitrogens with one attached hydrogen (secondary N) is 2. The van der Waals surface area contributed by atoms with Crippen LogP contribution in [0.3, 0.4) is 0 Å². The van der Waals surface area contributed by atoms with Gasteiger partial charge in [-0.3, -0.25) is 9.59 Å². The van der Waals surface area contributed by atoms with Crippen molar-refractivity contribution in [1.29, 1.82) is 0 Å². The molecule has 0 aliphatic carbocycles. The highest BCUT2D eigenvalue weighted by atomic mass is 35.5. The van der Waals surface area contributed by atoms with E-state index in [9.17, 15) is 9.59 Å². The summed E-state index contributed by atoms with van der Waals surface area (Å²) in [5.41, 5.74) is 1.91. The van der Waals surface area contributed by atoms with E-state index in [-0.39, 0.29) is 11.8 Å². The molecule has 0 spiro atoms. The van der Waals surface area contributed by atoms with Crippen molar-refractivity contribution in [2.24, 2.45) is 0 Å². The molecule has 0 aliphatic heterocycles. The van der Waals surface area contributed by atoms with E-state index >= 15 is 0 Å². The predicted octanol–water partition coefficient (Wildman–Crippen LogP) is 4.57. The summed E-state index contributed by atoms with van der Waals surface area (Å²) in [6.07, 6.45) is 4.66. The van der Waals surface area contributed by atoms with Crippen LogP contribution in [0.1, 0.15) is 36.8 Å². The van der Waals surface area contributed by atoms with Crippen molar-refractivity contribution in [3.63, 3.8) is 0 Å². The van der Waals surface area contributed by atoms with Gasteiger partial charge in [-0.15, -0.1) is 0 Å². The Labute approximate surface area is 176 Å². The fourth-order valence-electron chi connectivity index (χ4n) is 2.76. The summed E-state index contributed by atoms with van der Waals surface area (Å²) in [7, 11) is 0. The van der Waals surface area contributed by atoms with E-state index in [4.69, 9.17) is 23.2 Å². The van der Waals surface area contributed by atoms with Crippen LogP contribution in [0.5, 0.6) is 0 Å². The number of amides is 2. The van der Waals surface area contributed by atoms with Gasteiger partial charge in [0.05, 0.1) is 12.8 Å². The Morgan fingerprint density at radius 1 is 0.607 bits per heavy atom. The second kappa shape index (κ2) is 12.4. The first-order valence-electron chi connectivity index (χ1n) is 9.55. The van der Waals surface area contributed by atoms with Gasteiger partial charge >= 0.3 is 0 Å². The SMILES string of the molecule is O=C(Cc1ccc(Cl)cc1)NCCCCCCNC(=O)Cc1ccc(Cl)cc1. The summed E-state index contributed by atoms with van der Waals surface area (Å²) in [5, 5.41) is 7.21. The summed E-state index contributed by atoms with van der Waals surface area (Å²) in [6.45, 7) is 1.35. The Balaban J connectivity index is 1.45. The van der Waals surface area contributed by atoms with Crippen LogP contribution >= 0.6 is 23.2 Å². The van der Waals surface area contributed by atoms with E-state index in [1.165, 1.54) is 0 Å². The van der Waals surface area contributed by atoms with Crippen molar-refractivity contribution in [3.8, 4) is 0 Å². The molecule has 0 aromatic heterocycles. The van der Waals surface area contributed by atoms with Gasteiger partial charge in [-0.25, -0.2) is 0 Å². The average Bonchev–Trinajstić information content (AvgIpc) is 2.67. The molecule has 6 heteroatoms. The van der Waals surface area contributed by atoms with E-state index in [0.29, 0.717) is 36.0 Å². The van der Waals surface area contributed by atoms with Crippen LogP contribution in [-0.4, -0.2) is 24.9 Å². The highest BCUT2D eigenvalue weighted by Crippen LogP contribution is 2.10. The Morgan fingerprint density at radius 3 is 1.32 bits per heavy atom. The van der Waals surface area contributed by atoms with E-state index in [0.717, 1.165) is 36.8 Å². The van der Waals surface area contributed by atoms with Gasteiger partial charge in [-0.05, 0) is 48.2 Å². The number of benzene rings is 2. The molecule has 0 bridgehead atoms. The van der Waals surface area contributed by atoms with Crippen molar-refractivity contribution in [3.05, 3.63) is 69.7 Å². The fourth-order valence-corrected chi connectivity index (χ4v) is 3.01. The molecule has 2 rings (SSSR count). The molecule has 2 amide bonds. The third-order valence-electron chi connectivity index (χ3n) is 4.30. The van der Waals surface area contributed by atoms with Crippen LogP contribution in [-0.2, 0) is 22.4 Å². The quantitative estimate of drug-likeness (QED) is 0.522. The minimum atomic E-state index is 0.0248. The van der Waals surface area contributed by atoms with Gasteiger partial charge in [0, 0.05) is 23.1 Å². The van der Waals surface area contributed by atoms with Crippen molar-refractivity contribution < 1.29 is 9.59 Å². The molecule has 0 fully saturated rings. The normalized spacial score (nSPS) is 10.5. The van der Waals surface area contributed by atoms with Crippen LogP contribution in [0.4, 0.5) is 0 Å². The maximum Gasteiger partial charge on any atom is 0.224 e. The lowest BCUT2D eigenvalue weighted by molar-refractivity contribution is -0.121. The van der Waals surface area contributed by atoms with Gasteiger partial charge < -0.3 is 10.6 Å². The second-order valence-electron chi connectivity index (χ2n) is 6.72. The summed E-state index contributed by atoms with van der Waals surface area (Å²) >= 11 is 11.7. The highest BCUT2D eigenvalue weighted by Gasteiger charge is 2.04. The smallest absolute Gasteiger partial charge is 0.224 e. The zero-order valence-corrected chi connectivity index (χ0v) is 17.4. The summed E-state index contributed by atoms with van der Waals surface area (Å²) < 4.78 is 0. The zero-order chi connectivity index (χ0) is 20.2. The Hall–Kier alpha value is -2.04. The molecule has 0 saturated carbocycles. The topological polar surface area (TPSA) is 58.2 Å². The number of rotatable bonds is 11. The molecule has 0 saturated heterocycles. The maximum absolute atomic E-state index is 11.9. The molecule has 0 aliphatic rings. The molecular weight excluding hydrogens is 395 g/mol. The predicted molar refractivity (Wildman–Crippen MR) is 115 cm³/mol. The molecule has 2 N–H and O–H groups in total. The van der Waals surface area contributed by atoms with Crippen LogP contribution in [0.2, 0.25) is 10.0 Å². The number of unbranched alkanes of at least 4 members (excludes halogenated alkanes) is 3. The van der Waals surface area contributed by atoms with E-state index in [1.54, 1.807) is 24.3 Å². The Morgan fingerprint density at radius 2 is 0.964 bits per heavy atom. The molecule has 0 atom stereocenters. The van der Waals surface area contributed by atoms with Gasteiger partial charge in [-0.1, -0.05) is 60.3 Å². The van der Waals surface area contributed by atoms with Crippen molar-refractivity contribution in [2.45, 2.75) is 38.5 Å². The molecule has 4 nitrogen and oxygen atoms in total. The number of hydrogen-bond acceptors (Lipinski definition) is 2. The Bertz CT molecular complexity index is 681. The van der Waals surface area contributed by atoms with E-state index < -0.39 is 0 Å². The maximum atomic E-state index is 11.9. The standard InChI is InChI=1S/C22H26Cl2N2O2/c23-19-9-5-17(6-10-19)15-21(27)25-13-3-1-2-4-14-26-22(28)16-18-7-11-20(24)12-8-18/h5-12H,1-4,13-16H2,(H,25,27)(H,26,28). The first-order chi connectivity index (χ1) is 13.5. The van der Waals surface area contributed by atoms with Crippen molar-refractivity contribution in [1.82, 2.24) is 10.6 Å². The third kappa shape index (κ3) is 9.25. The minimum absolute atomic E-state index is 0.0248. The van der Waals surface area contributed by atoms with E-state index in [1.807, 2.05) is 24.3 Å². The number of carbonyl (C=O) groups is 2. The second-order valence-corrected chi connectivity index (χ2v) is 7.59. The number of halogens is 2. The van der Waals surface area contributed by atoms with Crippen LogP contribution in [0.15, 0.2) is 48.5 Å². The summed E-state index contributed by atoms with van der Waals surface area (Å²) in [6, 6.07) is 14.6. The lowest BCUT2D eigenvalue weighted by Gasteiger charge is -2.07. The van der Waals surface area contributed by atoms with Gasteiger partial charge in [0.1, 0.15) is 0 Å². The van der Waals surface area contributed by atoms with Crippen LogP contribution in [0.25, 0.3) is 0 Å². The molecular formula is C22H26Cl2N2O2. The van der Waals surface area contributed by atoms with Crippen molar-refractivity contribution in [2.75, 3.05) is 13.1 Å². The third-order valence-corrected chi connectivity index (χ3v) is 4.81. The van der Waals surface area contributed by atoms with Crippen molar-refractivity contribution >= 4 is 35.0 Å². The minimum Gasteiger partial charge on any atom is -0.356 e. The lowest BCUT2D eigenvalue weighted by Crippen LogP contribution is -2.26. The van der Waals surface area contributed by atoms with Gasteiger partial charge in [-0.2, -0.15) is 0 Å². The first-order valence-corrected chi connectivity index (χ1v) is 10.3. The van der Waals surface area contributed by atoms with Gasteiger partial charge in [0.15, 0.2) is 0 Å². The summed E-state index contributed by atoms with van der Waals surface area (Å²) in [4.78, 5) is 23.8. The molecule has 2 aromatic rings. The molecule has 0 radical (unpaired) electrons. The van der Waals surface area contributed by atoms with Gasteiger partial charge in [0.25, 0.3) is 0 Å².